The molecule has 1 N–H and O–H groups in total. The van der Waals surface area contributed by atoms with E-state index in [4.69, 9.17) is 0 Å². The summed E-state index contributed by atoms with van der Waals surface area (Å²) in [7, 11) is 0. The molecule has 0 saturated carbocycles. The van der Waals surface area contributed by atoms with E-state index in [0.29, 0.717) is 0 Å². The van der Waals surface area contributed by atoms with Crippen molar-refractivity contribution >= 4 is 21.6 Å². The summed E-state index contributed by atoms with van der Waals surface area (Å²) in [5.41, 5.74) is 0.922. The number of rotatable bonds is 4. The second kappa shape index (κ2) is 6.15. The van der Waals surface area contributed by atoms with Crippen LogP contribution in [0.2, 0.25) is 0 Å². The van der Waals surface area contributed by atoms with Gasteiger partial charge in [-0.3, -0.25) is 0 Å². The molecule has 0 aliphatic heterocycles. The Morgan fingerprint density at radius 2 is 1.63 bits per heavy atom. The first-order chi connectivity index (χ1) is 9.11. The molecule has 19 heavy (non-hydrogen) atoms. The molecule has 0 saturated heterocycles. The predicted octanol–water partition coefficient (Wildman–Crippen LogP) is 5.29. The van der Waals surface area contributed by atoms with Gasteiger partial charge in [0.25, 0.3) is 0 Å². The molecule has 0 radical (unpaired) electrons. The SMILES string of the molecule is CCC(Nc1c(F)cccc1F)c1ccc(Br)cc1. The first kappa shape index (κ1) is 14.0. The van der Waals surface area contributed by atoms with Crippen molar-refractivity contribution in [1.29, 1.82) is 0 Å². The van der Waals surface area contributed by atoms with Gasteiger partial charge in [-0.15, -0.1) is 0 Å². The Hall–Kier alpha value is -1.42. The fraction of sp³-hybridized carbons (Fsp3) is 0.200. The summed E-state index contributed by atoms with van der Waals surface area (Å²) >= 11 is 3.37. The minimum absolute atomic E-state index is 0.0720. The first-order valence-corrected chi connectivity index (χ1v) is 6.87. The van der Waals surface area contributed by atoms with Gasteiger partial charge in [0.05, 0.1) is 6.04 Å². The van der Waals surface area contributed by atoms with E-state index >= 15 is 0 Å². The molecule has 2 aromatic carbocycles. The van der Waals surface area contributed by atoms with Crippen LogP contribution in [-0.2, 0) is 0 Å². The van der Waals surface area contributed by atoms with E-state index in [1.807, 2.05) is 31.2 Å². The molecule has 0 spiro atoms. The molecule has 1 nitrogen and oxygen atoms in total. The van der Waals surface area contributed by atoms with E-state index in [9.17, 15) is 8.78 Å². The van der Waals surface area contributed by atoms with Gasteiger partial charge >= 0.3 is 0 Å². The molecule has 2 aromatic rings. The second-order valence-corrected chi connectivity index (χ2v) is 5.17. The average molecular weight is 326 g/mol. The Morgan fingerprint density at radius 3 is 2.16 bits per heavy atom. The summed E-state index contributed by atoms with van der Waals surface area (Å²) in [6.07, 6.45) is 0.732. The third kappa shape index (κ3) is 3.32. The van der Waals surface area contributed by atoms with Crippen LogP contribution >= 0.6 is 15.9 Å². The fourth-order valence-electron chi connectivity index (χ4n) is 1.93. The Kier molecular flexibility index (Phi) is 4.53. The van der Waals surface area contributed by atoms with E-state index in [0.717, 1.165) is 16.5 Å². The number of nitrogens with one attached hydrogen (secondary N) is 1. The lowest BCUT2D eigenvalue weighted by atomic mass is 10.0. The lowest BCUT2D eigenvalue weighted by molar-refractivity contribution is 0.581. The molecule has 0 amide bonds. The van der Waals surface area contributed by atoms with Gasteiger partial charge in [-0.2, -0.15) is 0 Å². The molecule has 2 rings (SSSR count). The Bertz CT molecular complexity index is 534. The van der Waals surface area contributed by atoms with Crippen LogP contribution in [0.15, 0.2) is 46.9 Å². The van der Waals surface area contributed by atoms with Crippen LogP contribution < -0.4 is 5.32 Å². The highest BCUT2D eigenvalue weighted by atomic mass is 79.9. The maximum absolute atomic E-state index is 13.6. The molecule has 100 valence electrons. The summed E-state index contributed by atoms with van der Waals surface area (Å²) in [4.78, 5) is 0. The van der Waals surface area contributed by atoms with Gasteiger partial charge in [-0.25, -0.2) is 8.78 Å². The molecule has 0 aromatic heterocycles. The zero-order valence-corrected chi connectivity index (χ0v) is 12.0. The molecule has 1 unspecified atom stereocenters. The lowest BCUT2D eigenvalue weighted by Gasteiger charge is -2.19. The van der Waals surface area contributed by atoms with Gasteiger partial charge in [0.15, 0.2) is 0 Å². The summed E-state index contributed by atoms with van der Waals surface area (Å²) in [6.45, 7) is 1.97. The highest BCUT2D eigenvalue weighted by Gasteiger charge is 2.14. The number of hydrogen-bond acceptors (Lipinski definition) is 1. The van der Waals surface area contributed by atoms with Crippen LogP contribution in [0.1, 0.15) is 24.9 Å². The quantitative estimate of drug-likeness (QED) is 0.805. The largest absolute Gasteiger partial charge is 0.374 e. The molecular formula is C15H14BrF2N. The minimum atomic E-state index is -0.574. The number of para-hydroxylation sites is 1. The normalized spacial score (nSPS) is 12.2. The van der Waals surface area contributed by atoms with Gasteiger partial charge in [0.1, 0.15) is 17.3 Å². The van der Waals surface area contributed by atoms with Crippen molar-refractivity contribution in [2.75, 3.05) is 5.32 Å². The van der Waals surface area contributed by atoms with Crippen LogP contribution in [0.3, 0.4) is 0 Å². The van der Waals surface area contributed by atoms with Crippen molar-refractivity contribution in [3.8, 4) is 0 Å². The lowest BCUT2D eigenvalue weighted by Crippen LogP contribution is -2.12. The number of hydrogen-bond donors (Lipinski definition) is 1. The molecule has 0 heterocycles. The molecule has 0 aliphatic rings. The first-order valence-electron chi connectivity index (χ1n) is 6.08. The summed E-state index contributed by atoms with van der Waals surface area (Å²) < 4.78 is 28.2. The van der Waals surface area contributed by atoms with Crippen molar-refractivity contribution in [2.45, 2.75) is 19.4 Å². The van der Waals surface area contributed by atoms with Gasteiger partial charge in [0.2, 0.25) is 0 Å². The zero-order valence-electron chi connectivity index (χ0n) is 10.5. The number of halogens is 3. The molecule has 1 atom stereocenters. The van der Waals surface area contributed by atoms with Gasteiger partial charge < -0.3 is 5.32 Å². The van der Waals surface area contributed by atoms with E-state index < -0.39 is 11.6 Å². The highest BCUT2D eigenvalue weighted by Crippen LogP contribution is 2.27. The van der Waals surface area contributed by atoms with Gasteiger partial charge in [0, 0.05) is 4.47 Å². The standard InChI is InChI=1S/C15H14BrF2N/c1-2-14(10-6-8-11(16)9-7-10)19-15-12(17)4-3-5-13(15)18/h3-9,14,19H,2H2,1H3. The molecule has 0 bridgehead atoms. The monoisotopic (exact) mass is 325 g/mol. The van der Waals surface area contributed by atoms with Crippen LogP contribution in [0.25, 0.3) is 0 Å². The van der Waals surface area contributed by atoms with Crippen molar-refractivity contribution in [1.82, 2.24) is 0 Å². The van der Waals surface area contributed by atoms with Crippen molar-refractivity contribution in [3.05, 3.63) is 64.1 Å². The molecule has 0 fully saturated rings. The second-order valence-electron chi connectivity index (χ2n) is 4.25. The third-order valence-corrected chi connectivity index (χ3v) is 3.49. The van der Waals surface area contributed by atoms with E-state index in [1.165, 1.54) is 18.2 Å². The van der Waals surface area contributed by atoms with Gasteiger partial charge in [-0.1, -0.05) is 41.1 Å². The smallest absolute Gasteiger partial charge is 0.149 e. The summed E-state index contributed by atoms with van der Waals surface area (Å²) in [5, 5.41) is 2.94. The number of benzene rings is 2. The maximum Gasteiger partial charge on any atom is 0.149 e. The van der Waals surface area contributed by atoms with Crippen LogP contribution in [-0.4, -0.2) is 0 Å². The van der Waals surface area contributed by atoms with Crippen LogP contribution in [0.4, 0.5) is 14.5 Å². The predicted molar refractivity (Wildman–Crippen MR) is 77.2 cm³/mol. The van der Waals surface area contributed by atoms with Crippen LogP contribution in [0, 0.1) is 11.6 Å². The van der Waals surface area contributed by atoms with Crippen molar-refractivity contribution in [3.63, 3.8) is 0 Å². The zero-order chi connectivity index (χ0) is 13.8. The Labute approximate surface area is 119 Å². The van der Waals surface area contributed by atoms with E-state index in [-0.39, 0.29) is 11.7 Å². The van der Waals surface area contributed by atoms with Gasteiger partial charge in [-0.05, 0) is 36.2 Å². The number of anilines is 1. The summed E-state index contributed by atoms with van der Waals surface area (Å²) in [5.74, 6) is -1.15. The Balaban J connectivity index is 2.26. The highest BCUT2D eigenvalue weighted by molar-refractivity contribution is 9.10. The minimum Gasteiger partial charge on any atom is -0.374 e. The molecule has 4 heteroatoms. The molecular weight excluding hydrogens is 312 g/mol. The summed E-state index contributed by atoms with van der Waals surface area (Å²) in [6, 6.07) is 11.4. The van der Waals surface area contributed by atoms with E-state index in [1.54, 1.807) is 0 Å². The third-order valence-electron chi connectivity index (χ3n) is 2.96. The maximum atomic E-state index is 13.6. The van der Waals surface area contributed by atoms with Crippen molar-refractivity contribution < 1.29 is 8.78 Å². The average Bonchev–Trinajstić information content (AvgIpc) is 2.40. The van der Waals surface area contributed by atoms with E-state index in [2.05, 4.69) is 21.2 Å². The van der Waals surface area contributed by atoms with Crippen LogP contribution in [0.5, 0.6) is 0 Å². The van der Waals surface area contributed by atoms with Crippen molar-refractivity contribution in [2.24, 2.45) is 0 Å². The Morgan fingerprint density at radius 1 is 1.05 bits per heavy atom. The fourth-order valence-corrected chi connectivity index (χ4v) is 2.19. The topological polar surface area (TPSA) is 12.0 Å². The molecule has 0 aliphatic carbocycles.